The molecule has 1 aromatic carbocycles. The second kappa shape index (κ2) is 3.59. The largest absolute Gasteiger partial charge is 0.507 e. The summed E-state index contributed by atoms with van der Waals surface area (Å²) < 4.78 is 25.6. The molecule has 0 aliphatic carbocycles. The molecule has 0 spiro atoms. The summed E-state index contributed by atoms with van der Waals surface area (Å²) in [4.78, 5) is 10.4. The van der Waals surface area contributed by atoms with Gasteiger partial charge in [0.2, 0.25) is 0 Å². The summed E-state index contributed by atoms with van der Waals surface area (Å²) in [5.41, 5.74) is 4.29. The van der Waals surface area contributed by atoms with Crippen LogP contribution in [-0.2, 0) is 4.79 Å². The molecule has 6 heteroatoms. The van der Waals surface area contributed by atoms with Crippen LogP contribution in [0.25, 0.3) is 0 Å². The van der Waals surface area contributed by atoms with Crippen molar-refractivity contribution in [2.45, 2.75) is 6.04 Å². The van der Waals surface area contributed by atoms with Crippen LogP contribution in [0.15, 0.2) is 12.1 Å². The van der Waals surface area contributed by atoms with Gasteiger partial charge in [0.25, 0.3) is 0 Å². The Kier molecular flexibility index (Phi) is 2.66. The number of hydrogen-bond donors (Lipinski definition) is 3. The van der Waals surface area contributed by atoms with Crippen molar-refractivity contribution in [1.29, 1.82) is 0 Å². The van der Waals surface area contributed by atoms with Gasteiger partial charge in [-0.3, -0.25) is 4.79 Å². The molecule has 0 amide bonds. The molecule has 1 rings (SSSR count). The van der Waals surface area contributed by atoms with E-state index in [2.05, 4.69) is 0 Å². The predicted molar refractivity (Wildman–Crippen MR) is 42.6 cm³/mol. The topological polar surface area (TPSA) is 83.6 Å². The maximum Gasteiger partial charge on any atom is 0.325 e. The number of carboxylic acids is 1. The molecular weight excluding hydrogens is 196 g/mol. The molecule has 0 radical (unpaired) electrons. The van der Waals surface area contributed by atoms with Crippen LogP contribution in [0.5, 0.6) is 5.75 Å². The highest BCUT2D eigenvalue weighted by atomic mass is 19.2. The monoisotopic (exact) mass is 203 g/mol. The van der Waals surface area contributed by atoms with E-state index in [4.69, 9.17) is 15.9 Å². The van der Waals surface area contributed by atoms with Crippen molar-refractivity contribution >= 4 is 5.97 Å². The number of hydrogen-bond acceptors (Lipinski definition) is 3. The van der Waals surface area contributed by atoms with Crippen LogP contribution in [0.1, 0.15) is 11.6 Å². The minimum atomic E-state index is -1.79. The summed E-state index contributed by atoms with van der Waals surface area (Å²) in [5.74, 6) is -4.93. The van der Waals surface area contributed by atoms with Crippen LogP contribution in [0.4, 0.5) is 8.78 Å². The zero-order valence-corrected chi connectivity index (χ0v) is 6.87. The molecule has 4 N–H and O–H groups in total. The fraction of sp³-hybridized carbons (Fsp3) is 0.125. The van der Waals surface area contributed by atoms with Crippen LogP contribution >= 0.6 is 0 Å². The molecule has 0 aromatic heterocycles. The lowest BCUT2D eigenvalue weighted by molar-refractivity contribution is -0.138. The Balaban J connectivity index is 3.32. The lowest BCUT2D eigenvalue weighted by Gasteiger charge is -2.10. The number of phenols is 1. The highest BCUT2D eigenvalue weighted by Gasteiger charge is 2.24. The second-order valence-corrected chi connectivity index (χ2v) is 2.61. The normalized spacial score (nSPS) is 12.5. The molecule has 1 atom stereocenters. The first-order valence-electron chi connectivity index (χ1n) is 3.60. The molecular formula is C8H7F2NO3. The first-order valence-corrected chi connectivity index (χ1v) is 3.60. The second-order valence-electron chi connectivity index (χ2n) is 2.61. The molecule has 0 saturated heterocycles. The Morgan fingerprint density at radius 1 is 1.43 bits per heavy atom. The molecule has 1 unspecified atom stereocenters. The molecule has 0 bridgehead atoms. The van der Waals surface area contributed by atoms with E-state index in [-0.39, 0.29) is 0 Å². The van der Waals surface area contributed by atoms with Crippen molar-refractivity contribution in [3.63, 3.8) is 0 Å². The standard InChI is InChI=1S/C8H7F2NO3/c9-3-1-2-4(12)5(6(3)10)7(11)8(13)14/h1-2,7,12H,11H2,(H,13,14). The molecule has 76 valence electrons. The van der Waals surface area contributed by atoms with E-state index >= 15 is 0 Å². The highest BCUT2D eigenvalue weighted by molar-refractivity contribution is 5.76. The van der Waals surface area contributed by atoms with E-state index in [0.717, 1.165) is 6.07 Å². The third-order valence-corrected chi connectivity index (χ3v) is 1.69. The van der Waals surface area contributed by atoms with Crippen molar-refractivity contribution in [2.24, 2.45) is 5.73 Å². The summed E-state index contributed by atoms with van der Waals surface area (Å²) in [7, 11) is 0. The minimum Gasteiger partial charge on any atom is -0.507 e. The van der Waals surface area contributed by atoms with Crippen LogP contribution in [0.2, 0.25) is 0 Å². The number of rotatable bonds is 2. The number of phenolic OH excluding ortho intramolecular Hbond substituents is 1. The lowest BCUT2D eigenvalue weighted by Crippen LogP contribution is -2.22. The number of aliphatic carboxylic acids is 1. The molecule has 0 aliphatic heterocycles. The molecule has 14 heavy (non-hydrogen) atoms. The average molecular weight is 203 g/mol. The summed E-state index contributed by atoms with van der Waals surface area (Å²) in [6.07, 6.45) is 0. The summed E-state index contributed by atoms with van der Waals surface area (Å²) in [5, 5.41) is 17.5. The van der Waals surface area contributed by atoms with Crippen molar-refractivity contribution in [3.8, 4) is 5.75 Å². The minimum absolute atomic E-state index is 0.682. The van der Waals surface area contributed by atoms with Crippen molar-refractivity contribution in [2.75, 3.05) is 0 Å². The van der Waals surface area contributed by atoms with Gasteiger partial charge in [-0.15, -0.1) is 0 Å². The predicted octanol–water partition coefficient (Wildman–Crippen LogP) is 0.755. The number of nitrogens with two attached hydrogens (primary N) is 1. The van der Waals surface area contributed by atoms with Gasteiger partial charge in [-0.05, 0) is 12.1 Å². The van der Waals surface area contributed by atoms with Crippen LogP contribution in [-0.4, -0.2) is 16.2 Å². The van der Waals surface area contributed by atoms with Gasteiger partial charge in [0.1, 0.15) is 11.8 Å². The van der Waals surface area contributed by atoms with Crippen LogP contribution in [0, 0.1) is 11.6 Å². The maximum absolute atomic E-state index is 13.0. The van der Waals surface area contributed by atoms with Gasteiger partial charge in [-0.25, -0.2) is 8.78 Å². The molecule has 0 aliphatic rings. The highest BCUT2D eigenvalue weighted by Crippen LogP contribution is 2.27. The summed E-state index contributed by atoms with van der Waals surface area (Å²) >= 11 is 0. The fourth-order valence-electron chi connectivity index (χ4n) is 0.975. The molecule has 0 heterocycles. The Labute approximate surface area is 77.6 Å². The first kappa shape index (κ1) is 10.4. The van der Waals surface area contributed by atoms with E-state index < -0.39 is 35.0 Å². The third kappa shape index (κ3) is 1.64. The van der Waals surface area contributed by atoms with Gasteiger partial charge in [-0.1, -0.05) is 0 Å². The Hall–Kier alpha value is -1.69. The van der Waals surface area contributed by atoms with E-state index in [1.54, 1.807) is 0 Å². The van der Waals surface area contributed by atoms with Gasteiger partial charge < -0.3 is 15.9 Å². The Morgan fingerprint density at radius 2 is 2.00 bits per heavy atom. The number of aromatic hydroxyl groups is 1. The Bertz CT molecular complexity index is 381. The molecule has 4 nitrogen and oxygen atoms in total. The first-order chi connectivity index (χ1) is 6.45. The number of carboxylic acid groups (broad SMARTS) is 1. The summed E-state index contributed by atoms with van der Waals surface area (Å²) in [6.45, 7) is 0. The Morgan fingerprint density at radius 3 is 2.50 bits per heavy atom. The van der Waals surface area contributed by atoms with Crippen molar-refractivity contribution < 1.29 is 23.8 Å². The quantitative estimate of drug-likeness (QED) is 0.662. The number of benzene rings is 1. The van der Waals surface area contributed by atoms with E-state index in [1.165, 1.54) is 0 Å². The van der Waals surface area contributed by atoms with Gasteiger partial charge in [0, 0.05) is 0 Å². The smallest absolute Gasteiger partial charge is 0.325 e. The van der Waals surface area contributed by atoms with Crippen LogP contribution in [0.3, 0.4) is 0 Å². The summed E-state index contributed by atoms with van der Waals surface area (Å²) in [6, 6.07) is -0.259. The third-order valence-electron chi connectivity index (χ3n) is 1.69. The van der Waals surface area contributed by atoms with E-state index in [1.807, 2.05) is 0 Å². The molecule has 1 aromatic rings. The molecule has 0 saturated carbocycles. The number of halogens is 2. The van der Waals surface area contributed by atoms with Crippen molar-refractivity contribution in [3.05, 3.63) is 29.3 Å². The molecule has 0 fully saturated rings. The SMILES string of the molecule is NC(C(=O)O)c1c(O)ccc(F)c1F. The van der Waals surface area contributed by atoms with Crippen molar-refractivity contribution in [1.82, 2.24) is 0 Å². The van der Waals surface area contributed by atoms with Gasteiger partial charge >= 0.3 is 5.97 Å². The van der Waals surface area contributed by atoms with Gasteiger partial charge in [0.05, 0.1) is 5.56 Å². The zero-order valence-electron chi connectivity index (χ0n) is 6.87. The zero-order chi connectivity index (χ0) is 10.9. The fourth-order valence-corrected chi connectivity index (χ4v) is 0.975. The maximum atomic E-state index is 13.0. The van der Waals surface area contributed by atoms with E-state index in [9.17, 15) is 13.6 Å². The average Bonchev–Trinajstić information content (AvgIpc) is 2.12. The number of carbonyl (C=O) groups is 1. The van der Waals surface area contributed by atoms with Crippen LogP contribution < -0.4 is 5.73 Å². The lowest BCUT2D eigenvalue weighted by atomic mass is 10.1. The van der Waals surface area contributed by atoms with Gasteiger partial charge in [-0.2, -0.15) is 0 Å². The van der Waals surface area contributed by atoms with E-state index in [0.29, 0.717) is 6.07 Å². The van der Waals surface area contributed by atoms with Gasteiger partial charge in [0.15, 0.2) is 11.6 Å².